The summed E-state index contributed by atoms with van der Waals surface area (Å²) in [6.45, 7) is 11.5. The van der Waals surface area contributed by atoms with Crippen LogP contribution in [-0.4, -0.2) is 186 Å². The van der Waals surface area contributed by atoms with Crippen LogP contribution in [0.15, 0.2) is 0 Å². The lowest BCUT2D eigenvalue weighted by Gasteiger charge is -2.63. The van der Waals surface area contributed by atoms with Gasteiger partial charge in [0.25, 0.3) is 0 Å². The summed E-state index contributed by atoms with van der Waals surface area (Å²) in [6, 6.07) is 0. The number of rotatable bonds is 11. The maximum Gasteiger partial charge on any atom is 0.187 e. The lowest BCUT2D eigenvalue weighted by molar-refractivity contribution is -0.363. The third kappa shape index (κ3) is 8.49. The molecule has 8 fully saturated rings. The fraction of sp³-hybridized carbons (Fsp3) is 1.00. The van der Waals surface area contributed by atoms with E-state index in [0.717, 1.165) is 25.7 Å². The molecule has 18 nitrogen and oxygen atoms in total. The highest BCUT2D eigenvalue weighted by atomic mass is 16.7. The molecule has 8 aliphatic rings. The van der Waals surface area contributed by atoms with Gasteiger partial charge in [0.2, 0.25) is 0 Å². The van der Waals surface area contributed by atoms with Crippen molar-refractivity contribution in [2.45, 2.75) is 216 Å². The number of aliphatic hydroxyl groups is 11. The third-order valence-electron chi connectivity index (χ3n) is 17.9. The molecule has 0 radical (unpaired) electrons. The Morgan fingerprint density at radius 2 is 1.29 bits per heavy atom. The van der Waals surface area contributed by atoms with Crippen molar-refractivity contribution in [1.29, 1.82) is 0 Å². The Balaban J connectivity index is 0.945. The monoisotopic (exact) mass is 905 g/mol. The molecule has 4 aliphatic heterocycles. The summed E-state index contributed by atoms with van der Waals surface area (Å²) in [6.07, 6.45) is -14.7. The average molecular weight is 905 g/mol. The van der Waals surface area contributed by atoms with Crippen molar-refractivity contribution in [1.82, 2.24) is 0 Å². The van der Waals surface area contributed by atoms with Crippen molar-refractivity contribution in [2.24, 2.45) is 52.3 Å². The number of ether oxygens (including phenoxy) is 7. The molecule has 4 saturated heterocycles. The van der Waals surface area contributed by atoms with Crippen LogP contribution in [0.25, 0.3) is 0 Å². The lowest BCUT2D eigenvalue weighted by Crippen LogP contribution is -2.64. The Morgan fingerprint density at radius 3 is 1.98 bits per heavy atom. The summed E-state index contributed by atoms with van der Waals surface area (Å²) >= 11 is 0. The molecule has 0 unspecified atom stereocenters. The van der Waals surface area contributed by atoms with Crippen LogP contribution in [0.5, 0.6) is 0 Å². The van der Waals surface area contributed by atoms with Crippen molar-refractivity contribution in [3.8, 4) is 0 Å². The molecule has 0 aromatic rings. The topological polar surface area (TPSA) is 287 Å². The number of hydrogen-bond donors (Lipinski definition) is 11. The van der Waals surface area contributed by atoms with Crippen molar-refractivity contribution < 1.29 is 89.3 Å². The van der Waals surface area contributed by atoms with E-state index < -0.39 is 117 Å². The maximum absolute atomic E-state index is 12.2. The van der Waals surface area contributed by atoms with E-state index in [1.54, 1.807) is 6.92 Å². The summed E-state index contributed by atoms with van der Waals surface area (Å²) in [5.74, 6) is -0.753. The van der Waals surface area contributed by atoms with Crippen LogP contribution < -0.4 is 0 Å². The Labute approximate surface area is 369 Å². The summed E-state index contributed by atoms with van der Waals surface area (Å²) in [4.78, 5) is 0. The summed E-state index contributed by atoms with van der Waals surface area (Å²) in [7, 11) is 0. The SMILES string of the molecule is C[C@@H](CC[C@@]1(O)O[C@H]2C[C@H]3[C@@H]4C[C@H](O[C@@H]5O[C@H](C)[C@@H](O)[C@H](O[C@@H]6O[C@H](C)[C@H](O)[C@@H](O)[C@H]6O)[C@H]5O)[C@H]5C[C@@H](O)CC[C@]5(C)[C@H]4CC[C@]3(C)[C@H]2[C@@H]1C)CO[C@@H]1O[C@H](CO)[C@@H](O)[C@H](O)[C@H]1O. The van der Waals surface area contributed by atoms with Crippen LogP contribution in [0, 0.1) is 52.3 Å². The zero-order valence-electron chi connectivity index (χ0n) is 37.5. The molecule has 0 aromatic heterocycles. The van der Waals surface area contributed by atoms with E-state index in [1.807, 2.05) is 6.92 Å². The van der Waals surface area contributed by atoms with Gasteiger partial charge < -0.3 is 89.3 Å². The maximum atomic E-state index is 12.2. The van der Waals surface area contributed by atoms with Gasteiger partial charge in [0.15, 0.2) is 24.7 Å². The molecule has 8 rings (SSSR count). The standard InChI is InChI=1S/C45H76O18/c1-18(17-57-40-36(53)35(52)33(50)29(16-46)61-40)7-12-45(56)19(2)30-28(63-45)15-25-23-14-27(26-13-22(47)8-10-43(26,5)24(23)9-11-44(25,30)6)60-42-38(55)39(32(49)21(4)59-42)62-41-37(54)34(51)31(48)20(3)58-41/h18-42,46-56H,7-17H2,1-6H3/t18-,19-,20+,21+,22-,23+,24-,25-,26+,27-,28-,29+,30-,31-,32+,33+,34+,35-,36+,37+,38+,39-,40+,41-,42-,43+,44-,45+/m0/s1. The van der Waals surface area contributed by atoms with Crippen LogP contribution in [0.4, 0.5) is 0 Å². The molecule has 0 aromatic carbocycles. The lowest BCUT2D eigenvalue weighted by atomic mass is 9.43. The first kappa shape index (κ1) is 48.7. The Morgan fingerprint density at radius 1 is 0.651 bits per heavy atom. The second-order valence-electron chi connectivity index (χ2n) is 21.6. The van der Waals surface area contributed by atoms with Gasteiger partial charge in [0, 0.05) is 12.3 Å². The first-order chi connectivity index (χ1) is 29.6. The van der Waals surface area contributed by atoms with E-state index >= 15 is 0 Å². The van der Waals surface area contributed by atoms with Gasteiger partial charge in [-0.15, -0.1) is 0 Å². The molecule has 4 aliphatic carbocycles. The zero-order chi connectivity index (χ0) is 45.7. The largest absolute Gasteiger partial charge is 0.394 e. The molecule has 0 amide bonds. The third-order valence-corrected chi connectivity index (χ3v) is 17.9. The van der Waals surface area contributed by atoms with E-state index in [0.29, 0.717) is 38.0 Å². The highest BCUT2D eigenvalue weighted by molar-refractivity contribution is 5.16. The first-order valence-electron chi connectivity index (χ1n) is 23.7. The van der Waals surface area contributed by atoms with E-state index in [2.05, 4.69) is 20.8 Å². The van der Waals surface area contributed by atoms with Crippen molar-refractivity contribution in [3.63, 3.8) is 0 Å². The number of fused-ring (bicyclic) bond motifs is 7. The van der Waals surface area contributed by atoms with E-state index in [9.17, 15) is 56.2 Å². The average Bonchev–Trinajstić information content (AvgIpc) is 3.68. The van der Waals surface area contributed by atoms with Crippen molar-refractivity contribution >= 4 is 0 Å². The van der Waals surface area contributed by atoms with E-state index in [4.69, 9.17) is 33.2 Å². The minimum atomic E-state index is -1.64. The molecule has 11 N–H and O–H groups in total. The van der Waals surface area contributed by atoms with Crippen molar-refractivity contribution in [3.05, 3.63) is 0 Å². The van der Waals surface area contributed by atoms with Gasteiger partial charge in [-0.05, 0) is 112 Å². The zero-order valence-corrected chi connectivity index (χ0v) is 37.5. The number of aliphatic hydroxyl groups excluding tert-OH is 10. The van der Waals surface area contributed by atoms with Gasteiger partial charge in [0.05, 0.1) is 43.7 Å². The molecule has 18 heteroatoms. The molecule has 63 heavy (non-hydrogen) atoms. The molecule has 4 saturated carbocycles. The van der Waals surface area contributed by atoms with Gasteiger partial charge in [-0.3, -0.25) is 0 Å². The molecule has 0 bridgehead atoms. The summed E-state index contributed by atoms with van der Waals surface area (Å²) in [5.41, 5.74) is -0.329. The van der Waals surface area contributed by atoms with Crippen LogP contribution in [-0.2, 0) is 33.2 Å². The normalized spacial score (nSPS) is 57.5. The Hall–Kier alpha value is -0.720. The van der Waals surface area contributed by atoms with Crippen LogP contribution in [0.2, 0.25) is 0 Å². The fourth-order valence-electron chi connectivity index (χ4n) is 14.1. The fourth-order valence-corrected chi connectivity index (χ4v) is 14.1. The van der Waals surface area contributed by atoms with Crippen LogP contribution in [0.3, 0.4) is 0 Å². The molecular formula is C45H76O18. The van der Waals surface area contributed by atoms with E-state index in [1.165, 1.54) is 6.92 Å². The van der Waals surface area contributed by atoms with Gasteiger partial charge >= 0.3 is 0 Å². The van der Waals surface area contributed by atoms with Crippen LogP contribution in [0.1, 0.15) is 99.3 Å². The molecular weight excluding hydrogens is 828 g/mol. The molecule has 28 atom stereocenters. The minimum Gasteiger partial charge on any atom is -0.394 e. The summed E-state index contributed by atoms with van der Waals surface area (Å²) < 4.78 is 42.7. The second kappa shape index (κ2) is 18.3. The molecule has 0 spiro atoms. The van der Waals surface area contributed by atoms with E-state index in [-0.39, 0.29) is 59.0 Å². The van der Waals surface area contributed by atoms with Gasteiger partial charge in [-0.1, -0.05) is 27.7 Å². The predicted octanol–water partition coefficient (Wildman–Crippen LogP) is -0.753. The molecule has 364 valence electrons. The van der Waals surface area contributed by atoms with Crippen LogP contribution >= 0.6 is 0 Å². The minimum absolute atomic E-state index is 0.0435. The summed E-state index contributed by atoms with van der Waals surface area (Å²) in [5, 5.41) is 118. The smallest absolute Gasteiger partial charge is 0.187 e. The highest BCUT2D eigenvalue weighted by Gasteiger charge is 2.69. The second-order valence-corrected chi connectivity index (χ2v) is 21.6. The highest BCUT2D eigenvalue weighted by Crippen LogP contribution is 2.71. The quantitative estimate of drug-likeness (QED) is 0.114. The molecule has 4 heterocycles. The first-order valence-corrected chi connectivity index (χ1v) is 23.7. The van der Waals surface area contributed by atoms with Gasteiger partial charge in [-0.25, -0.2) is 0 Å². The van der Waals surface area contributed by atoms with Gasteiger partial charge in [-0.2, -0.15) is 0 Å². The van der Waals surface area contributed by atoms with Gasteiger partial charge in [0.1, 0.15) is 61.0 Å². The predicted molar refractivity (Wildman–Crippen MR) is 218 cm³/mol. The van der Waals surface area contributed by atoms with Crippen molar-refractivity contribution in [2.75, 3.05) is 13.2 Å². The Bertz CT molecular complexity index is 1560. The number of hydrogen-bond acceptors (Lipinski definition) is 18. The Kier molecular flexibility index (Phi) is 14.2.